The van der Waals surface area contributed by atoms with Gasteiger partial charge in [0.05, 0.1) is 12.2 Å². The lowest BCUT2D eigenvalue weighted by atomic mass is 10.2. The van der Waals surface area contributed by atoms with E-state index in [-0.39, 0.29) is 30.8 Å². The Hall–Kier alpha value is -1.25. The lowest BCUT2D eigenvalue weighted by Crippen LogP contribution is -2.49. The van der Waals surface area contributed by atoms with Crippen LogP contribution in [0.3, 0.4) is 0 Å². The SMILES string of the molecule is CCc1nnsc1C(=O)N(C)CC(=O)N1CCNCC1.Cl. The van der Waals surface area contributed by atoms with Crippen LogP contribution in [0.4, 0.5) is 0 Å². The monoisotopic (exact) mass is 333 g/mol. The van der Waals surface area contributed by atoms with Crippen molar-refractivity contribution in [3.8, 4) is 0 Å². The molecule has 0 unspecified atom stereocenters. The van der Waals surface area contributed by atoms with Crippen molar-refractivity contribution in [2.75, 3.05) is 39.8 Å². The van der Waals surface area contributed by atoms with Gasteiger partial charge in [-0.25, -0.2) is 0 Å². The number of nitrogens with one attached hydrogen (secondary N) is 1. The van der Waals surface area contributed by atoms with Gasteiger partial charge >= 0.3 is 0 Å². The number of nitrogens with zero attached hydrogens (tertiary/aromatic N) is 4. The van der Waals surface area contributed by atoms with E-state index >= 15 is 0 Å². The van der Waals surface area contributed by atoms with E-state index in [4.69, 9.17) is 0 Å². The summed E-state index contributed by atoms with van der Waals surface area (Å²) in [6.07, 6.45) is 0.664. The van der Waals surface area contributed by atoms with E-state index in [9.17, 15) is 9.59 Å². The van der Waals surface area contributed by atoms with Crippen LogP contribution in [0.1, 0.15) is 22.3 Å². The maximum absolute atomic E-state index is 12.3. The molecule has 0 bridgehead atoms. The van der Waals surface area contributed by atoms with Crippen molar-refractivity contribution in [3.05, 3.63) is 10.6 Å². The molecule has 1 fully saturated rings. The summed E-state index contributed by atoms with van der Waals surface area (Å²) in [6.45, 7) is 5.04. The van der Waals surface area contributed by atoms with Gasteiger partial charge in [0, 0.05) is 33.2 Å². The molecule has 118 valence electrons. The van der Waals surface area contributed by atoms with Crippen molar-refractivity contribution < 1.29 is 9.59 Å². The molecule has 2 heterocycles. The van der Waals surface area contributed by atoms with Gasteiger partial charge in [-0.2, -0.15) is 0 Å². The summed E-state index contributed by atoms with van der Waals surface area (Å²) in [5.41, 5.74) is 0.696. The van der Waals surface area contributed by atoms with Crippen LogP contribution in [-0.4, -0.2) is 71.0 Å². The fourth-order valence-electron chi connectivity index (χ4n) is 2.06. The van der Waals surface area contributed by atoms with Crippen molar-refractivity contribution in [3.63, 3.8) is 0 Å². The third-order valence-electron chi connectivity index (χ3n) is 3.27. The normalized spacial score (nSPS) is 14.5. The van der Waals surface area contributed by atoms with Crippen LogP contribution in [0.25, 0.3) is 0 Å². The van der Waals surface area contributed by atoms with Crippen LogP contribution >= 0.6 is 23.9 Å². The highest BCUT2D eigenvalue weighted by molar-refractivity contribution is 7.08. The average Bonchev–Trinajstić information content (AvgIpc) is 2.95. The lowest BCUT2D eigenvalue weighted by Gasteiger charge is -2.29. The van der Waals surface area contributed by atoms with Crippen LogP contribution in [0.2, 0.25) is 0 Å². The first-order valence-corrected chi connectivity index (χ1v) is 7.46. The summed E-state index contributed by atoms with van der Waals surface area (Å²) in [5, 5.41) is 7.12. The highest BCUT2D eigenvalue weighted by atomic mass is 35.5. The molecular formula is C12H20ClN5O2S. The third kappa shape index (κ3) is 4.36. The Morgan fingerprint density at radius 1 is 1.38 bits per heavy atom. The van der Waals surface area contributed by atoms with Gasteiger partial charge < -0.3 is 15.1 Å². The second-order valence-corrected chi connectivity index (χ2v) is 5.45. The third-order valence-corrected chi connectivity index (χ3v) is 4.03. The molecule has 0 aromatic carbocycles. The number of piperazine rings is 1. The number of aromatic nitrogens is 2. The van der Waals surface area contributed by atoms with Gasteiger partial charge in [0.15, 0.2) is 0 Å². The second-order valence-electron chi connectivity index (χ2n) is 4.69. The Morgan fingerprint density at radius 2 is 2.05 bits per heavy atom. The minimum absolute atomic E-state index is 0. The van der Waals surface area contributed by atoms with Crippen LogP contribution in [-0.2, 0) is 11.2 Å². The molecule has 0 radical (unpaired) electrons. The summed E-state index contributed by atoms with van der Waals surface area (Å²) < 4.78 is 3.81. The first-order chi connectivity index (χ1) is 9.63. The zero-order valence-corrected chi connectivity index (χ0v) is 13.8. The molecule has 1 aliphatic heterocycles. The summed E-state index contributed by atoms with van der Waals surface area (Å²) in [7, 11) is 1.64. The summed E-state index contributed by atoms with van der Waals surface area (Å²) in [5.74, 6) is -0.196. The number of halogens is 1. The molecule has 0 atom stereocenters. The Bertz CT molecular complexity index is 490. The molecule has 7 nitrogen and oxygen atoms in total. The Kier molecular flexibility index (Phi) is 7.00. The smallest absolute Gasteiger partial charge is 0.267 e. The maximum atomic E-state index is 12.3. The molecule has 1 aromatic heterocycles. The molecule has 1 N–H and O–H groups in total. The van der Waals surface area contributed by atoms with Crippen LogP contribution in [0.5, 0.6) is 0 Å². The van der Waals surface area contributed by atoms with Gasteiger partial charge in [-0.3, -0.25) is 9.59 Å². The molecule has 0 spiro atoms. The predicted molar refractivity (Wildman–Crippen MR) is 82.9 cm³/mol. The van der Waals surface area contributed by atoms with Crippen molar-refractivity contribution in [2.24, 2.45) is 0 Å². The average molecular weight is 334 g/mol. The van der Waals surface area contributed by atoms with E-state index in [1.54, 1.807) is 11.9 Å². The highest BCUT2D eigenvalue weighted by Crippen LogP contribution is 2.13. The fourth-order valence-corrected chi connectivity index (χ4v) is 2.81. The number of hydrogen-bond donors (Lipinski definition) is 1. The number of hydrogen-bond acceptors (Lipinski definition) is 6. The van der Waals surface area contributed by atoms with E-state index in [2.05, 4.69) is 14.9 Å². The Balaban J connectivity index is 0.00000220. The fraction of sp³-hybridized carbons (Fsp3) is 0.667. The van der Waals surface area contributed by atoms with Crippen LogP contribution in [0, 0.1) is 0 Å². The first-order valence-electron chi connectivity index (χ1n) is 6.68. The van der Waals surface area contributed by atoms with Gasteiger partial charge in [-0.1, -0.05) is 11.4 Å². The summed E-state index contributed by atoms with van der Waals surface area (Å²) >= 11 is 1.09. The molecule has 0 saturated carbocycles. The van der Waals surface area contributed by atoms with E-state index in [0.717, 1.165) is 24.6 Å². The quantitative estimate of drug-likeness (QED) is 0.841. The number of rotatable bonds is 4. The molecule has 9 heteroatoms. The number of likely N-dealkylation sites (N-methyl/N-ethyl adjacent to an activating group) is 1. The van der Waals surface area contributed by atoms with Crippen molar-refractivity contribution in [1.82, 2.24) is 24.7 Å². The molecular weight excluding hydrogens is 314 g/mol. The van der Waals surface area contributed by atoms with Gasteiger partial charge in [0.2, 0.25) is 5.91 Å². The number of aryl methyl sites for hydroxylation is 1. The van der Waals surface area contributed by atoms with E-state index < -0.39 is 0 Å². The second kappa shape index (κ2) is 8.26. The van der Waals surface area contributed by atoms with E-state index in [1.165, 1.54) is 4.90 Å². The topological polar surface area (TPSA) is 78.4 Å². The number of carbonyl (C=O) groups excluding carboxylic acids is 2. The van der Waals surface area contributed by atoms with Crippen molar-refractivity contribution in [1.29, 1.82) is 0 Å². The van der Waals surface area contributed by atoms with Crippen LogP contribution in [0.15, 0.2) is 0 Å². The van der Waals surface area contributed by atoms with E-state index in [1.807, 2.05) is 6.92 Å². The largest absolute Gasteiger partial charge is 0.339 e. The maximum Gasteiger partial charge on any atom is 0.267 e. The van der Waals surface area contributed by atoms with Gasteiger partial charge in [-0.15, -0.1) is 17.5 Å². The molecule has 2 amide bonds. The standard InChI is InChI=1S/C12H19N5O2S.ClH/c1-3-9-11(20-15-14-9)12(19)16(2)8-10(18)17-6-4-13-5-7-17;/h13H,3-8H2,1-2H3;1H. The molecule has 1 aromatic rings. The van der Waals surface area contributed by atoms with Crippen molar-refractivity contribution in [2.45, 2.75) is 13.3 Å². The lowest BCUT2D eigenvalue weighted by molar-refractivity contribution is -0.132. The summed E-state index contributed by atoms with van der Waals surface area (Å²) in [4.78, 5) is 28.1. The highest BCUT2D eigenvalue weighted by Gasteiger charge is 2.23. The van der Waals surface area contributed by atoms with E-state index in [0.29, 0.717) is 30.1 Å². The summed E-state index contributed by atoms with van der Waals surface area (Å²) in [6, 6.07) is 0. The predicted octanol–water partition coefficient (Wildman–Crippen LogP) is 0.0261. The number of carbonyl (C=O) groups is 2. The van der Waals surface area contributed by atoms with Gasteiger partial charge in [0.1, 0.15) is 4.88 Å². The molecule has 21 heavy (non-hydrogen) atoms. The molecule has 0 aliphatic carbocycles. The number of amides is 2. The van der Waals surface area contributed by atoms with Gasteiger partial charge in [0.25, 0.3) is 5.91 Å². The Labute approximate surface area is 134 Å². The Morgan fingerprint density at radius 3 is 2.67 bits per heavy atom. The van der Waals surface area contributed by atoms with Crippen molar-refractivity contribution >= 4 is 35.8 Å². The zero-order chi connectivity index (χ0) is 14.5. The van der Waals surface area contributed by atoms with Crippen LogP contribution < -0.4 is 5.32 Å². The first kappa shape index (κ1) is 17.8. The molecule has 1 saturated heterocycles. The molecule has 2 rings (SSSR count). The minimum Gasteiger partial charge on any atom is -0.339 e. The minimum atomic E-state index is -0.180. The zero-order valence-electron chi connectivity index (χ0n) is 12.2. The van der Waals surface area contributed by atoms with Gasteiger partial charge in [-0.05, 0) is 18.0 Å². The molecule has 1 aliphatic rings.